The minimum Gasteiger partial charge on any atom is -0.393 e. The molecule has 4 aliphatic carbocycles. The third-order valence-electron chi connectivity index (χ3n) is 11.6. The van der Waals surface area contributed by atoms with E-state index in [4.69, 9.17) is 0 Å². The van der Waals surface area contributed by atoms with Gasteiger partial charge in [-0.1, -0.05) is 54.4 Å². The molecule has 0 aromatic rings. The van der Waals surface area contributed by atoms with Gasteiger partial charge in [-0.2, -0.15) is 0 Å². The second-order valence-electron chi connectivity index (χ2n) is 13.0. The third kappa shape index (κ3) is 3.52. The summed E-state index contributed by atoms with van der Waals surface area (Å²) in [5.74, 6) is 6.12. The molecule has 1 N–H and O–H groups in total. The van der Waals surface area contributed by atoms with E-state index in [1.807, 2.05) is 0 Å². The van der Waals surface area contributed by atoms with Gasteiger partial charge in [0, 0.05) is 12.8 Å². The number of carbonyl (C=O) groups excluding carboxylic acids is 1. The fourth-order valence-corrected chi connectivity index (χ4v) is 9.03. The molecule has 0 spiro atoms. The average Bonchev–Trinajstić information content (AvgIpc) is 3.06. The first-order chi connectivity index (χ1) is 14.1. The van der Waals surface area contributed by atoms with Crippen molar-refractivity contribution >= 4 is 5.78 Å². The molecule has 0 saturated heterocycles. The van der Waals surface area contributed by atoms with Crippen LogP contribution in [0.5, 0.6) is 0 Å². The quantitative estimate of drug-likeness (QED) is 0.529. The van der Waals surface area contributed by atoms with E-state index in [1.54, 1.807) is 0 Å². The zero-order valence-electron chi connectivity index (χ0n) is 20.6. The molecule has 0 amide bonds. The van der Waals surface area contributed by atoms with Crippen LogP contribution in [0.15, 0.2) is 0 Å². The zero-order chi connectivity index (χ0) is 21.8. The number of hydrogen-bond donors (Lipinski definition) is 1. The van der Waals surface area contributed by atoms with Crippen LogP contribution in [0.1, 0.15) is 106 Å². The van der Waals surface area contributed by atoms with Gasteiger partial charge in [0.1, 0.15) is 5.78 Å². The van der Waals surface area contributed by atoms with Crippen molar-refractivity contribution in [3.63, 3.8) is 0 Å². The van der Waals surface area contributed by atoms with E-state index in [1.165, 1.54) is 38.5 Å². The molecule has 2 heteroatoms. The Hall–Kier alpha value is -0.370. The normalized spacial score (nSPS) is 48.1. The molecule has 30 heavy (non-hydrogen) atoms. The first-order valence-electron chi connectivity index (χ1n) is 13.3. The number of aliphatic hydroxyl groups is 1. The lowest BCUT2D eigenvalue weighted by Gasteiger charge is -2.62. The van der Waals surface area contributed by atoms with E-state index in [0.717, 1.165) is 43.4 Å². The molecule has 4 saturated carbocycles. The van der Waals surface area contributed by atoms with E-state index < -0.39 is 0 Å². The number of rotatable bonds is 5. The molecule has 0 unspecified atom stereocenters. The summed E-state index contributed by atoms with van der Waals surface area (Å²) in [6.07, 6.45) is 11.3. The Morgan fingerprint density at radius 1 is 1.00 bits per heavy atom. The van der Waals surface area contributed by atoms with Crippen LogP contribution in [0.4, 0.5) is 0 Å². The molecule has 4 fully saturated rings. The minimum atomic E-state index is -0.158. The van der Waals surface area contributed by atoms with Crippen LogP contribution >= 0.6 is 0 Å². The molecule has 0 aromatic heterocycles. The lowest BCUT2D eigenvalue weighted by Crippen LogP contribution is -2.58. The first kappa shape index (κ1) is 22.8. The van der Waals surface area contributed by atoms with Gasteiger partial charge in [-0.15, -0.1) is 0 Å². The van der Waals surface area contributed by atoms with Gasteiger partial charge in [-0.25, -0.2) is 0 Å². The Morgan fingerprint density at radius 3 is 2.43 bits per heavy atom. The molecule has 4 aliphatic rings. The smallest absolute Gasteiger partial charge is 0.133 e. The predicted octanol–water partition coefficient (Wildman–Crippen LogP) is 6.89. The average molecular weight is 417 g/mol. The Labute approximate surface area is 186 Å². The monoisotopic (exact) mass is 416 g/mol. The summed E-state index contributed by atoms with van der Waals surface area (Å²) in [6, 6.07) is 0. The standard InChI is InChI=1S/C28H48O2/c1-17(2)18(3)7-8-19(4)23-11-12-24-22-10-9-20-15-21(29)13-14-27(20,5)25(22)16-26(30)28(23,24)6/h17-20,22-26,30H,7-16H2,1-6H3/t18-,19+,20+,22-,23+,24-,25-,26-,27-,28+/m0/s1. The van der Waals surface area contributed by atoms with Gasteiger partial charge in [0.15, 0.2) is 0 Å². The van der Waals surface area contributed by atoms with Crippen molar-refractivity contribution in [2.75, 3.05) is 0 Å². The fourth-order valence-electron chi connectivity index (χ4n) is 9.03. The van der Waals surface area contributed by atoms with Crippen LogP contribution in [-0.4, -0.2) is 17.0 Å². The molecular weight excluding hydrogens is 368 g/mol. The van der Waals surface area contributed by atoms with E-state index in [9.17, 15) is 9.90 Å². The van der Waals surface area contributed by atoms with Crippen LogP contribution in [0.2, 0.25) is 0 Å². The molecule has 10 atom stereocenters. The molecule has 2 nitrogen and oxygen atoms in total. The molecule has 0 heterocycles. The predicted molar refractivity (Wildman–Crippen MR) is 124 cm³/mol. The van der Waals surface area contributed by atoms with Gasteiger partial charge >= 0.3 is 0 Å². The Balaban J connectivity index is 1.52. The fraction of sp³-hybridized carbons (Fsp3) is 0.964. The maximum absolute atomic E-state index is 12.1. The van der Waals surface area contributed by atoms with Gasteiger partial charge in [-0.3, -0.25) is 4.79 Å². The highest BCUT2D eigenvalue weighted by molar-refractivity contribution is 5.79. The van der Waals surface area contributed by atoms with Crippen molar-refractivity contribution in [1.82, 2.24) is 0 Å². The number of ketones is 1. The third-order valence-corrected chi connectivity index (χ3v) is 11.6. The summed E-state index contributed by atoms with van der Waals surface area (Å²) in [4.78, 5) is 12.1. The van der Waals surface area contributed by atoms with Gasteiger partial charge in [0.25, 0.3) is 0 Å². The number of hydrogen-bond acceptors (Lipinski definition) is 2. The molecule has 172 valence electrons. The topological polar surface area (TPSA) is 37.3 Å². The second kappa shape index (κ2) is 8.20. The van der Waals surface area contributed by atoms with Crippen molar-refractivity contribution in [1.29, 1.82) is 0 Å². The molecule has 0 radical (unpaired) electrons. The van der Waals surface area contributed by atoms with E-state index in [2.05, 4.69) is 41.5 Å². The molecule has 0 aliphatic heterocycles. The highest BCUT2D eigenvalue weighted by atomic mass is 16.3. The number of aliphatic hydroxyl groups excluding tert-OH is 1. The van der Waals surface area contributed by atoms with Gasteiger partial charge in [0.2, 0.25) is 0 Å². The van der Waals surface area contributed by atoms with Crippen molar-refractivity contribution in [2.45, 2.75) is 112 Å². The van der Waals surface area contributed by atoms with Crippen LogP contribution in [0.25, 0.3) is 0 Å². The number of carbonyl (C=O) groups is 1. The Bertz CT molecular complexity index is 641. The number of Topliss-reactive ketones (excluding diaryl/α,β-unsaturated/α-hetero) is 1. The molecular formula is C28H48O2. The van der Waals surface area contributed by atoms with Crippen molar-refractivity contribution in [3.05, 3.63) is 0 Å². The summed E-state index contributed by atoms with van der Waals surface area (Å²) in [6.45, 7) is 14.5. The zero-order valence-corrected chi connectivity index (χ0v) is 20.6. The second-order valence-corrected chi connectivity index (χ2v) is 13.0. The largest absolute Gasteiger partial charge is 0.393 e. The maximum Gasteiger partial charge on any atom is 0.133 e. The van der Waals surface area contributed by atoms with Crippen LogP contribution in [-0.2, 0) is 4.79 Å². The van der Waals surface area contributed by atoms with Crippen LogP contribution < -0.4 is 0 Å². The van der Waals surface area contributed by atoms with Crippen molar-refractivity contribution in [2.24, 2.45) is 58.2 Å². The van der Waals surface area contributed by atoms with Gasteiger partial charge in [-0.05, 0) is 96.7 Å². The Morgan fingerprint density at radius 2 is 1.73 bits per heavy atom. The SMILES string of the molecule is CC(C)[C@@H](C)CC[C@@H](C)[C@H]1CC[C@H]2[C@@H]3CC[C@@H]4CC(=O)CC[C@]4(C)[C@H]3C[C@H](O)[C@]12C. The summed E-state index contributed by atoms with van der Waals surface area (Å²) in [5.41, 5.74) is 0.394. The minimum absolute atomic E-state index is 0.106. The van der Waals surface area contributed by atoms with Crippen molar-refractivity contribution in [3.8, 4) is 0 Å². The van der Waals surface area contributed by atoms with Gasteiger partial charge in [0.05, 0.1) is 6.10 Å². The number of fused-ring (bicyclic) bond motifs is 5. The lowest BCUT2D eigenvalue weighted by molar-refractivity contribution is -0.170. The summed E-state index contributed by atoms with van der Waals surface area (Å²) >= 11 is 0. The van der Waals surface area contributed by atoms with E-state index in [-0.39, 0.29) is 16.9 Å². The molecule has 0 aromatic carbocycles. The molecule has 4 rings (SSSR count). The highest BCUT2D eigenvalue weighted by Crippen LogP contribution is 2.68. The van der Waals surface area contributed by atoms with E-state index >= 15 is 0 Å². The Kier molecular flexibility index (Phi) is 6.23. The maximum atomic E-state index is 12.1. The highest BCUT2D eigenvalue weighted by Gasteiger charge is 2.63. The molecule has 0 bridgehead atoms. The van der Waals surface area contributed by atoms with Crippen molar-refractivity contribution < 1.29 is 9.90 Å². The lowest BCUT2D eigenvalue weighted by atomic mass is 9.44. The van der Waals surface area contributed by atoms with E-state index in [0.29, 0.717) is 35.4 Å². The van der Waals surface area contributed by atoms with Crippen LogP contribution in [0.3, 0.4) is 0 Å². The summed E-state index contributed by atoms with van der Waals surface area (Å²) in [7, 11) is 0. The van der Waals surface area contributed by atoms with Gasteiger partial charge < -0.3 is 5.11 Å². The summed E-state index contributed by atoms with van der Waals surface area (Å²) < 4.78 is 0. The summed E-state index contributed by atoms with van der Waals surface area (Å²) in [5, 5.41) is 11.7. The first-order valence-corrected chi connectivity index (χ1v) is 13.3. The van der Waals surface area contributed by atoms with Crippen LogP contribution in [0, 0.1) is 58.2 Å².